The van der Waals surface area contributed by atoms with E-state index in [9.17, 15) is 19.8 Å². The fourth-order valence-corrected chi connectivity index (χ4v) is 4.59. The summed E-state index contributed by atoms with van der Waals surface area (Å²) in [5.41, 5.74) is 1.87. The van der Waals surface area contributed by atoms with Crippen LogP contribution in [0.2, 0.25) is 0 Å². The highest BCUT2D eigenvalue weighted by molar-refractivity contribution is 9.10. The molecule has 0 spiro atoms. The van der Waals surface area contributed by atoms with E-state index < -0.39 is 0 Å². The van der Waals surface area contributed by atoms with E-state index in [1.54, 1.807) is 24.3 Å². The lowest BCUT2D eigenvalue weighted by Crippen LogP contribution is -1.93. The Hall–Kier alpha value is -3.38. The Morgan fingerprint density at radius 1 is 0.676 bits per heavy atom. The van der Waals surface area contributed by atoms with Gasteiger partial charge in [0.25, 0.3) is 11.8 Å². The maximum atomic E-state index is 12.1. The molecule has 0 unspecified atom stereocenters. The number of nitrogens with zero attached hydrogens (tertiary/aromatic N) is 4. The van der Waals surface area contributed by atoms with Crippen LogP contribution in [-0.2, 0) is 9.59 Å². The summed E-state index contributed by atoms with van der Waals surface area (Å²) in [6, 6.07) is 10.8. The minimum absolute atomic E-state index is 0.134. The number of unbranched alkanes of at least 4 members (excludes halogenated alkanes) is 4. The molecule has 2 amide bonds. The molecule has 0 aliphatic carbocycles. The lowest BCUT2D eigenvalue weighted by molar-refractivity contribution is -0.119. The van der Waals surface area contributed by atoms with Crippen molar-refractivity contribution in [1.29, 1.82) is 0 Å². The van der Waals surface area contributed by atoms with Crippen LogP contribution in [0.5, 0.6) is 11.8 Å². The van der Waals surface area contributed by atoms with Crippen molar-refractivity contribution in [2.45, 2.75) is 44.9 Å². The van der Waals surface area contributed by atoms with E-state index in [1.165, 1.54) is 0 Å². The minimum Gasteiger partial charge on any atom is -0.493 e. The van der Waals surface area contributed by atoms with Crippen LogP contribution in [0.15, 0.2) is 65.8 Å². The van der Waals surface area contributed by atoms with Crippen molar-refractivity contribution in [3.63, 3.8) is 0 Å². The third-order valence-corrected chi connectivity index (χ3v) is 6.72. The first kappa shape index (κ1) is 26.7. The third kappa shape index (κ3) is 6.89. The van der Waals surface area contributed by atoms with Crippen LogP contribution in [-0.4, -0.2) is 32.0 Å². The van der Waals surface area contributed by atoms with Gasteiger partial charge in [0.15, 0.2) is 11.4 Å². The Kier molecular flexibility index (Phi) is 8.82. The van der Waals surface area contributed by atoms with Crippen molar-refractivity contribution in [3.8, 4) is 11.8 Å². The van der Waals surface area contributed by atoms with Gasteiger partial charge < -0.3 is 20.2 Å². The highest BCUT2D eigenvalue weighted by atomic mass is 79.9. The second kappa shape index (κ2) is 12.2. The van der Waals surface area contributed by atoms with Crippen molar-refractivity contribution >= 4 is 76.9 Å². The Balaban J connectivity index is 1.15. The second-order valence-corrected chi connectivity index (χ2v) is 10.3. The molecule has 2 heterocycles. The van der Waals surface area contributed by atoms with Crippen LogP contribution in [0.25, 0.3) is 21.8 Å². The Bertz CT molecular complexity index is 1400. The first-order valence-corrected chi connectivity index (χ1v) is 13.3. The van der Waals surface area contributed by atoms with Crippen LogP contribution >= 0.6 is 31.9 Å². The van der Waals surface area contributed by atoms with Gasteiger partial charge in [-0.25, -0.2) is 0 Å². The Morgan fingerprint density at radius 3 is 1.51 bits per heavy atom. The summed E-state index contributed by atoms with van der Waals surface area (Å²) in [6.45, 7) is 0. The Labute approximate surface area is 228 Å². The molecule has 0 saturated carbocycles. The molecule has 0 bridgehead atoms. The van der Waals surface area contributed by atoms with E-state index >= 15 is 0 Å². The number of halogens is 2. The van der Waals surface area contributed by atoms with E-state index in [-0.39, 0.29) is 47.8 Å². The van der Waals surface area contributed by atoms with E-state index in [4.69, 9.17) is 0 Å². The van der Waals surface area contributed by atoms with Crippen LogP contribution in [0, 0.1) is 0 Å². The summed E-state index contributed by atoms with van der Waals surface area (Å²) in [6.07, 6.45) is 4.34. The van der Waals surface area contributed by atoms with Gasteiger partial charge >= 0.3 is 0 Å². The normalized spacial score (nSPS) is 11.9. The van der Waals surface area contributed by atoms with Gasteiger partial charge in [0.1, 0.15) is 0 Å². The molecule has 2 aromatic carbocycles. The molecule has 0 fully saturated rings. The highest BCUT2D eigenvalue weighted by Crippen LogP contribution is 2.38. The lowest BCUT2D eigenvalue weighted by atomic mass is 10.1. The number of amides is 2. The molecule has 4 aromatic rings. The number of carbonyl (C=O) groups is 2. The summed E-state index contributed by atoms with van der Waals surface area (Å²) >= 11 is 6.75. The fraction of sp³-hybridized carbons (Fsp3) is 0.280. The zero-order valence-electron chi connectivity index (χ0n) is 19.7. The number of benzene rings is 2. The maximum absolute atomic E-state index is 12.1. The minimum atomic E-state index is -0.355. The van der Waals surface area contributed by atoms with Gasteiger partial charge in [-0.2, -0.15) is 0 Å². The van der Waals surface area contributed by atoms with Gasteiger partial charge in [0.2, 0.25) is 11.8 Å². The highest BCUT2D eigenvalue weighted by Gasteiger charge is 2.13. The number of hydrogen-bond donors (Lipinski definition) is 4. The number of aromatic hydroxyl groups is 2. The van der Waals surface area contributed by atoms with E-state index in [0.717, 1.165) is 28.2 Å². The standard InChI is InChI=1S/C25H24Br2N6O4/c26-14-8-10-18-16(12-14)22(24(36)28-18)32-30-20(34)6-4-2-1-3-5-7-21(35)31-33-23-17-13-15(27)9-11-19(17)29-25(23)37/h8-13,28-29,36-37H,1-7H2. The number of azo groups is 2. The average molecular weight is 632 g/mol. The summed E-state index contributed by atoms with van der Waals surface area (Å²) < 4.78 is 1.65. The number of aromatic amines is 2. The molecular weight excluding hydrogens is 608 g/mol. The first-order valence-electron chi connectivity index (χ1n) is 11.7. The number of aromatic nitrogens is 2. The van der Waals surface area contributed by atoms with Crippen LogP contribution in [0.1, 0.15) is 44.9 Å². The second-order valence-electron chi connectivity index (χ2n) is 8.48. The molecular formula is C25H24Br2N6O4. The smallest absolute Gasteiger partial charge is 0.264 e. The zero-order valence-corrected chi connectivity index (χ0v) is 22.8. The number of nitrogens with one attached hydrogen (secondary N) is 2. The quantitative estimate of drug-likeness (QED) is 0.103. The SMILES string of the molecule is O=C(CCCCCCCC(=O)N=Nc1c(O)[nH]c2ccc(Br)cc12)N=Nc1c(O)[nH]c2ccc(Br)cc12. The van der Waals surface area contributed by atoms with Crippen LogP contribution in [0.4, 0.5) is 11.4 Å². The molecule has 0 atom stereocenters. The van der Waals surface area contributed by atoms with Crippen molar-refractivity contribution in [1.82, 2.24) is 9.97 Å². The molecule has 0 aliphatic heterocycles. The zero-order chi connectivity index (χ0) is 26.4. The molecule has 0 radical (unpaired) electrons. The molecule has 0 aliphatic rings. The van der Waals surface area contributed by atoms with Gasteiger partial charge in [-0.3, -0.25) is 9.59 Å². The lowest BCUT2D eigenvalue weighted by Gasteiger charge is -1.99. The van der Waals surface area contributed by atoms with Crippen molar-refractivity contribution in [3.05, 3.63) is 45.3 Å². The number of fused-ring (bicyclic) bond motifs is 2. The summed E-state index contributed by atoms with van der Waals surface area (Å²) in [5, 5.41) is 36.8. The molecule has 37 heavy (non-hydrogen) atoms. The maximum Gasteiger partial charge on any atom is 0.264 e. The summed E-state index contributed by atoms with van der Waals surface area (Å²) in [5.74, 6) is -0.978. The fourth-order valence-electron chi connectivity index (χ4n) is 3.87. The molecule has 0 saturated heterocycles. The predicted octanol–water partition coefficient (Wildman–Crippen LogP) is 8.24. The molecule has 12 heteroatoms. The van der Waals surface area contributed by atoms with Crippen LogP contribution in [0.3, 0.4) is 0 Å². The number of rotatable bonds is 10. The number of H-pyrrole nitrogens is 2. The summed E-state index contributed by atoms with van der Waals surface area (Å²) in [7, 11) is 0. The topological polar surface area (TPSA) is 156 Å². The molecule has 10 nitrogen and oxygen atoms in total. The van der Waals surface area contributed by atoms with Gasteiger partial charge in [0.05, 0.1) is 11.0 Å². The first-order chi connectivity index (χ1) is 17.8. The number of carbonyl (C=O) groups excluding carboxylic acids is 2. The molecule has 4 rings (SSSR count). The Morgan fingerprint density at radius 2 is 1.08 bits per heavy atom. The van der Waals surface area contributed by atoms with Crippen LogP contribution < -0.4 is 0 Å². The predicted molar refractivity (Wildman–Crippen MR) is 147 cm³/mol. The van der Waals surface area contributed by atoms with Gasteiger partial charge in [-0.15, -0.1) is 20.5 Å². The third-order valence-electron chi connectivity index (χ3n) is 5.73. The summed E-state index contributed by atoms with van der Waals surface area (Å²) in [4.78, 5) is 29.8. The average Bonchev–Trinajstić information content (AvgIpc) is 3.34. The van der Waals surface area contributed by atoms with Gasteiger partial charge in [-0.1, -0.05) is 51.1 Å². The molecule has 4 N–H and O–H groups in total. The molecule has 192 valence electrons. The van der Waals surface area contributed by atoms with E-state index in [2.05, 4.69) is 62.3 Å². The molecule has 2 aromatic heterocycles. The van der Waals surface area contributed by atoms with Gasteiger partial charge in [-0.05, 0) is 49.2 Å². The monoisotopic (exact) mass is 630 g/mol. The van der Waals surface area contributed by atoms with E-state index in [0.29, 0.717) is 34.6 Å². The van der Waals surface area contributed by atoms with Gasteiger partial charge in [0, 0.05) is 32.6 Å². The van der Waals surface area contributed by atoms with Crippen molar-refractivity contribution in [2.24, 2.45) is 20.5 Å². The van der Waals surface area contributed by atoms with Crippen molar-refractivity contribution < 1.29 is 19.8 Å². The van der Waals surface area contributed by atoms with E-state index in [1.807, 2.05) is 12.1 Å². The number of hydrogen-bond acceptors (Lipinski definition) is 6. The largest absolute Gasteiger partial charge is 0.493 e. The van der Waals surface area contributed by atoms with Crippen molar-refractivity contribution in [2.75, 3.05) is 0 Å².